The number of carbonyl (C=O) groups excluding carboxylic acids is 3. The molecule has 39 heavy (non-hydrogen) atoms. The van der Waals surface area contributed by atoms with Crippen molar-refractivity contribution in [2.75, 3.05) is 0 Å². The van der Waals surface area contributed by atoms with Crippen molar-refractivity contribution < 1.29 is 28.6 Å². The molecule has 0 spiro atoms. The predicted molar refractivity (Wildman–Crippen MR) is 153 cm³/mol. The first-order valence-electron chi connectivity index (χ1n) is 13.1. The van der Waals surface area contributed by atoms with Crippen LogP contribution in [0.2, 0.25) is 0 Å². The molecule has 0 amide bonds. The first-order chi connectivity index (χ1) is 18.5. The molecule has 1 aliphatic rings. The summed E-state index contributed by atoms with van der Waals surface area (Å²) in [5.41, 5.74) is 4.81. The van der Waals surface area contributed by atoms with Gasteiger partial charge >= 0.3 is 17.9 Å². The summed E-state index contributed by atoms with van der Waals surface area (Å²) in [4.78, 5) is 36.7. The zero-order valence-corrected chi connectivity index (χ0v) is 23.2. The van der Waals surface area contributed by atoms with Crippen LogP contribution >= 0.6 is 0 Å². The predicted octanol–water partition coefficient (Wildman–Crippen LogP) is 7.53. The van der Waals surface area contributed by atoms with Gasteiger partial charge in [-0.05, 0) is 93.3 Å². The Kier molecular flexibility index (Phi) is 9.83. The topological polar surface area (TPSA) is 78.9 Å². The fourth-order valence-electron chi connectivity index (χ4n) is 4.39. The molecule has 0 aliphatic heterocycles. The molecule has 6 nitrogen and oxygen atoms in total. The second kappa shape index (κ2) is 13.1. The standard InChI is InChI=1S/C33H36O6/c1-8-23-10-9-11-25(18-23)30(24-12-15-27(16-13-24)37-31(34)20(2)3)26-14-17-28(38-32(35)21(4)5)29(19-26)39-33(36)22(6)7/h12-17,19,23H,2,4,6,8-11,18H2,1,3,5,7H3. The Morgan fingerprint density at radius 1 is 0.769 bits per heavy atom. The Morgan fingerprint density at radius 2 is 1.31 bits per heavy atom. The third-order valence-corrected chi connectivity index (χ3v) is 6.59. The molecule has 0 bridgehead atoms. The van der Waals surface area contributed by atoms with E-state index in [2.05, 4.69) is 26.7 Å². The van der Waals surface area contributed by atoms with Crippen LogP contribution in [0.4, 0.5) is 0 Å². The lowest BCUT2D eigenvalue weighted by Crippen LogP contribution is -2.13. The molecule has 1 aliphatic carbocycles. The molecule has 0 heterocycles. The first kappa shape index (κ1) is 29.4. The minimum atomic E-state index is -0.624. The lowest BCUT2D eigenvalue weighted by molar-refractivity contribution is -0.132. The van der Waals surface area contributed by atoms with Crippen molar-refractivity contribution in [1.82, 2.24) is 0 Å². The minimum absolute atomic E-state index is 0.114. The van der Waals surface area contributed by atoms with Crippen LogP contribution in [0.5, 0.6) is 17.2 Å². The number of allylic oxidation sites excluding steroid dienone is 1. The molecule has 204 valence electrons. The van der Waals surface area contributed by atoms with Gasteiger partial charge in [0.1, 0.15) is 5.75 Å². The normalized spacial score (nSPS) is 16.1. The lowest BCUT2D eigenvalue weighted by Gasteiger charge is -2.26. The number of esters is 3. The van der Waals surface area contributed by atoms with E-state index in [9.17, 15) is 14.4 Å². The minimum Gasteiger partial charge on any atom is -0.423 e. The zero-order chi connectivity index (χ0) is 28.7. The molecule has 1 unspecified atom stereocenters. The summed E-state index contributed by atoms with van der Waals surface area (Å²) in [5.74, 6) is -0.497. The number of rotatable bonds is 9. The molecular weight excluding hydrogens is 492 g/mol. The van der Waals surface area contributed by atoms with E-state index in [0.717, 1.165) is 42.4 Å². The Bertz CT molecular complexity index is 1340. The lowest BCUT2D eigenvalue weighted by atomic mass is 9.79. The molecule has 2 aromatic carbocycles. The zero-order valence-electron chi connectivity index (χ0n) is 23.2. The molecule has 0 aromatic heterocycles. The van der Waals surface area contributed by atoms with Crippen molar-refractivity contribution >= 4 is 23.5 Å². The average molecular weight is 529 g/mol. The van der Waals surface area contributed by atoms with Gasteiger partial charge in [0.15, 0.2) is 11.5 Å². The Morgan fingerprint density at radius 3 is 1.87 bits per heavy atom. The first-order valence-corrected chi connectivity index (χ1v) is 13.1. The largest absolute Gasteiger partial charge is 0.423 e. The van der Waals surface area contributed by atoms with Gasteiger partial charge in [-0.1, -0.05) is 56.9 Å². The quantitative estimate of drug-likeness (QED) is 0.190. The smallest absolute Gasteiger partial charge is 0.338 e. The van der Waals surface area contributed by atoms with Gasteiger partial charge < -0.3 is 14.2 Å². The SMILES string of the molecule is C=C(C)C(=O)Oc1ccc(C(=C2CCCC(CC)C2)c2ccc(OC(=O)C(=C)C)c(OC(=O)C(=C)C)c2)cc1. The van der Waals surface area contributed by atoms with E-state index in [1.807, 2.05) is 18.2 Å². The van der Waals surface area contributed by atoms with E-state index < -0.39 is 17.9 Å². The van der Waals surface area contributed by atoms with E-state index in [0.29, 0.717) is 17.2 Å². The van der Waals surface area contributed by atoms with Crippen molar-refractivity contribution in [2.45, 2.75) is 59.8 Å². The van der Waals surface area contributed by atoms with Crippen LogP contribution in [0.3, 0.4) is 0 Å². The molecular formula is C33H36O6. The third kappa shape index (κ3) is 7.66. The van der Waals surface area contributed by atoms with Gasteiger partial charge in [0.2, 0.25) is 0 Å². The maximum absolute atomic E-state index is 12.5. The highest BCUT2D eigenvalue weighted by molar-refractivity contribution is 5.92. The van der Waals surface area contributed by atoms with Crippen LogP contribution in [-0.4, -0.2) is 17.9 Å². The molecule has 6 heteroatoms. The summed E-state index contributed by atoms with van der Waals surface area (Å²) >= 11 is 0. The maximum Gasteiger partial charge on any atom is 0.338 e. The molecule has 0 saturated heterocycles. The molecule has 2 aromatic rings. The van der Waals surface area contributed by atoms with Crippen LogP contribution < -0.4 is 14.2 Å². The van der Waals surface area contributed by atoms with Gasteiger partial charge in [0.05, 0.1) is 0 Å². The van der Waals surface area contributed by atoms with Crippen molar-refractivity contribution in [1.29, 1.82) is 0 Å². The summed E-state index contributed by atoms with van der Waals surface area (Å²) in [5, 5.41) is 0. The van der Waals surface area contributed by atoms with Gasteiger partial charge in [-0.25, -0.2) is 14.4 Å². The van der Waals surface area contributed by atoms with Crippen molar-refractivity contribution in [3.05, 3.63) is 95.6 Å². The molecule has 1 fully saturated rings. The van der Waals surface area contributed by atoms with Gasteiger partial charge in [-0.15, -0.1) is 0 Å². The Balaban J connectivity index is 2.13. The highest BCUT2D eigenvalue weighted by Gasteiger charge is 2.23. The molecule has 0 N–H and O–H groups in total. The van der Waals surface area contributed by atoms with Crippen LogP contribution in [0.1, 0.15) is 70.9 Å². The average Bonchev–Trinajstić information content (AvgIpc) is 2.91. The van der Waals surface area contributed by atoms with Crippen LogP contribution in [0.15, 0.2) is 84.5 Å². The van der Waals surface area contributed by atoms with Gasteiger partial charge in [-0.2, -0.15) is 0 Å². The summed E-state index contributed by atoms with van der Waals surface area (Å²) in [6.07, 6.45) is 5.23. The number of hydrogen-bond acceptors (Lipinski definition) is 6. The van der Waals surface area contributed by atoms with E-state index in [1.54, 1.807) is 45.0 Å². The molecule has 0 radical (unpaired) electrons. The molecule has 1 saturated carbocycles. The highest BCUT2D eigenvalue weighted by Crippen LogP contribution is 2.41. The third-order valence-electron chi connectivity index (χ3n) is 6.59. The van der Waals surface area contributed by atoms with E-state index in [-0.39, 0.29) is 22.6 Å². The van der Waals surface area contributed by atoms with E-state index in [1.165, 1.54) is 12.0 Å². The van der Waals surface area contributed by atoms with Gasteiger partial charge in [0.25, 0.3) is 0 Å². The van der Waals surface area contributed by atoms with E-state index in [4.69, 9.17) is 14.2 Å². The summed E-state index contributed by atoms with van der Waals surface area (Å²) in [7, 11) is 0. The second-order valence-electron chi connectivity index (χ2n) is 10.0. The fraction of sp³-hybridized carbons (Fsp3) is 0.303. The van der Waals surface area contributed by atoms with E-state index >= 15 is 0 Å². The molecule has 1 atom stereocenters. The van der Waals surface area contributed by atoms with Gasteiger partial charge in [-0.3, -0.25) is 0 Å². The monoisotopic (exact) mass is 528 g/mol. The maximum atomic E-state index is 12.5. The number of benzene rings is 2. The van der Waals surface area contributed by atoms with Gasteiger partial charge in [0, 0.05) is 16.7 Å². The number of hydrogen-bond donors (Lipinski definition) is 0. The highest BCUT2D eigenvalue weighted by atomic mass is 16.6. The Labute approximate surface area is 230 Å². The number of ether oxygens (including phenoxy) is 3. The molecule has 3 rings (SSSR count). The summed E-state index contributed by atoms with van der Waals surface area (Å²) in [6.45, 7) is 17.8. The fourth-order valence-corrected chi connectivity index (χ4v) is 4.39. The Hall–Kier alpha value is -4.19. The van der Waals surface area contributed by atoms with Crippen molar-refractivity contribution in [3.8, 4) is 17.2 Å². The van der Waals surface area contributed by atoms with Crippen molar-refractivity contribution in [3.63, 3.8) is 0 Å². The van der Waals surface area contributed by atoms with Crippen LogP contribution in [0, 0.1) is 5.92 Å². The summed E-state index contributed by atoms with van der Waals surface area (Å²) in [6, 6.07) is 12.5. The van der Waals surface area contributed by atoms with Crippen LogP contribution in [0.25, 0.3) is 5.57 Å². The number of carbonyl (C=O) groups is 3. The van der Waals surface area contributed by atoms with Crippen LogP contribution in [-0.2, 0) is 14.4 Å². The van der Waals surface area contributed by atoms with Crippen molar-refractivity contribution in [2.24, 2.45) is 5.92 Å². The second-order valence-corrected chi connectivity index (χ2v) is 10.0. The summed E-state index contributed by atoms with van der Waals surface area (Å²) < 4.78 is 16.4.